The van der Waals surface area contributed by atoms with Crippen molar-refractivity contribution in [2.45, 2.75) is 16.1 Å². The van der Waals surface area contributed by atoms with Crippen molar-refractivity contribution in [2.24, 2.45) is 0 Å². The standard InChI is InChI=1S/C48H33NS/c1-2-13-32(14-3-1)33-15-10-16-34(27-33)36-28-37(30-38(29-36)40-22-12-23-44-43-21-6-9-26-47(43)50-48(40)44)35-17-11-18-39(31-35)49-45-24-7-4-19-41(45)42-20-5-8-25-46(42)49/h1-31,43,47H. The fourth-order valence-corrected chi connectivity index (χ4v) is 9.42. The summed E-state index contributed by atoms with van der Waals surface area (Å²) in [4.78, 5) is 1.40. The fourth-order valence-electron chi connectivity index (χ4n) is 7.94. The van der Waals surface area contributed by atoms with Gasteiger partial charge in [-0.15, -0.1) is 11.8 Å². The molecule has 8 aromatic rings. The molecule has 0 saturated carbocycles. The number of hydrogen-bond acceptors (Lipinski definition) is 1. The number of rotatable bonds is 5. The zero-order valence-corrected chi connectivity index (χ0v) is 28.2. The van der Waals surface area contributed by atoms with Crippen molar-refractivity contribution in [2.75, 3.05) is 0 Å². The van der Waals surface area contributed by atoms with Gasteiger partial charge in [0.05, 0.1) is 11.0 Å². The Morgan fingerprint density at radius 2 is 0.980 bits per heavy atom. The lowest BCUT2D eigenvalue weighted by molar-refractivity contribution is 0.881. The van der Waals surface area contributed by atoms with Crippen LogP contribution in [0, 0.1) is 0 Å². The summed E-state index contributed by atoms with van der Waals surface area (Å²) in [5.41, 5.74) is 14.9. The molecule has 0 amide bonds. The van der Waals surface area contributed by atoms with Gasteiger partial charge in [0.25, 0.3) is 0 Å². The third kappa shape index (κ3) is 4.87. The Morgan fingerprint density at radius 1 is 0.420 bits per heavy atom. The highest BCUT2D eigenvalue weighted by molar-refractivity contribution is 8.00. The molecule has 0 fully saturated rings. The van der Waals surface area contributed by atoms with E-state index in [1.807, 2.05) is 11.8 Å². The maximum absolute atomic E-state index is 2.41. The first-order valence-corrected chi connectivity index (χ1v) is 18.2. The van der Waals surface area contributed by atoms with Crippen molar-refractivity contribution < 1.29 is 0 Å². The van der Waals surface area contributed by atoms with E-state index in [4.69, 9.17) is 0 Å². The van der Waals surface area contributed by atoms with Crippen LogP contribution in [0.4, 0.5) is 0 Å². The monoisotopic (exact) mass is 655 g/mol. The van der Waals surface area contributed by atoms with Crippen LogP contribution in [0.5, 0.6) is 0 Å². The zero-order chi connectivity index (χ0) is 33.0. The lowest BCUT2D eigenvalue weighted by Gasteiger charge is -2.16. The van der Waals surface area contributed by atoms with Gasteiger partial charge in [-0.25, -0.2) is 0 Å². The number of aromatic nitrogens is 1. The van der Waals surface area contributed by atoms with Crippen LogP contribution < -0.4 is 0 Å². The third-order valence-electron chi connectivity index (χ3n) is 10.3. The Hall–Kier alpha value is -5.83. The molecular formula is C48H33NS. The van der Waals surface area contributed by atoms with E-state index in [0.29, 0.717) is 11.2 Å². The van der Waals surface area contributed by atoms with Gasteiger partial charge in [-0.05, 0) is 98.6 Å². The molecule has 1 nitrogen and oxygen atoms in total. The number of allylic oxidation sites excluding steroid dienone is 3. The molecule has 0 bridgehead atoms. The Balaban J connectivity index is 1.16. The molecule has 50 heavy (non-hydrogen) atoms. The van der Waals surface area contributed by atoms with Crippen molar-refractivity contribution in [3.05, 3.63) is 194 Å². The van der Waals surface area contributed by atoms with Crippen molar-refractivity contribution in [3.63, 3.8) is 0 Å². The molecule has 7 aromatic carbocycles. The smallest absolute Gasteiger partial charge is 0.0541 e. The fraction of sp³-hybridized carbons (Fsp3) is 0.0417. The predicted octanol–water partition coefficient (Wildman–Crippen LogP) is 13.1. The summed E-state index contributed by atoms with van der Waals surface area (Å²) in [6, 6.07) is 60.2. The highest BCUT2D eigenvalue weighted by Gasteiger charge is 2.32. The molecular weight excluding hydrogens is 623 g/mol. The Morgan fingerprint density at radius 3 is 1.74 bits per heavy atom. The molecule has 1 aliphatic heterocycles. The molecule has 0 radical (unpaired) electrons. The van der Waals surface area contributed by atoms with Gasteiger partial charge in [-0.3, -0.25) is 0 Å². The van der Waals surface area contributed by atoms with Crippen LogP contribution in [-0.4, -0.2) is 9.82 Å². The number of para-hydroxylation sites is 2. The number of hydrogen-bond donors (Lipinski definition) is 0. The summed E-state index contributed by atoms with van der Waals surface area (Å²) in [5.74, 6) is 0.424. The van der Waals surface area contributed by atoms with E-state index in [2.05, 4.69) is 193 Å². The zero-order valence-electron chi connectivity index (χ0n) is 27.4. The summed E-state index contributed by atoms with van der Waals surface area (Å²) >= 11 is 2.01. The number of nitrogens with zero attached hydrogens (tertiary/aromatic N) is 1. The highest BCUT2D eigenvalue weighted by Crippen LogP contribution is 2.52. The van der Waals surface area contributed by atoms with Gasteiger partial charge in [-0.2, -0.15) is 0 Å². The van der Waals surface area contributed by atoms with Gasteiger partial charge in [0, 0.05) is 32.5 Å². The first kappa shape index (κ1) is 29.1. The Labute approximate surface area is 296 Å². The molecule has 2 aliphatic rings. The summed E-state index contributed by atoms with van der Waals surface area (Å²) in [6.45, 7) is 0. The van der Waals surface area contributed by atoms with Crippen LogP contribution >= 0.6 is 11.8 Å². The molecule has 0 N–H and O–H groups in total. The molecule has 236 valence electrons. The van der Waals surface area contributed by atoms with E-state index >= 15 is 0 Å². The Kier molecular flexibility index (Phi) is 6.96. The number of fused-ring (bicyclic) bond motifs is 6. The lowest BCUT2D eigenvalue weighted by Crippen LogP contribution is -2.06. The largest absolute Gasteiger partial charge is 0.309 e. The summed E-state index contributed by atoms with van der Waals surface area (Å²) < 4.78 is 2.41. The predicted molar refractivity (Wildman–Crippen MR) is 213 cm³/mol. The number of benzene rings is 7. The molecule has 0 saturated heterocycles. The van der Waals surface area contributed by atoms with Gasteiger partial charge in [0.15, 0.2) is 0 Å². The highest BCUT2D eigenvalue weighted by atomic mass is 32.2. The van der Waals surface area contributed by atoms with Crippen LogP contribution in [0.25, 0.3) is 72.0 Å². The van der Waals surface area contributed by atoms with Gasteiger partial charge in [0.2, 0.25) is 0 Å². The normalized spacial score (nSPS) is 16.2. The minimum absolute atomic E-state index is 0.424. The summed E-state index contributed by atoms with van der Waals surface area (Å²) in [7, 11) is 0. The first-order chi connectivity index (χ1) is 24.8. The van der Waals surface area contributed by atoms with Gasteiger partial charge in [0.1, 0.15) is 0 Å². The quantitative estimate of drug-likeness (QED) is 0.179. The van der Waals surface area contributed by atoms with E-state index < -0.39 is 0 Å². The molecule has 1 aromatic heterocycles. The molecule has 2 heterocycles. The van der Waals surface area contributed by atoms with E-state index in [1.54, 1.807) is 0 Å². The van der Waals surface area contributed by atoms with Crippen LogP contribution in [0.2, 0.25) is 0 Å². The van der Waals surface area contributed by atoms with Crippen LogP contribution in [0.15, 0.2) is 193 Å². The summed E-state index contributed by atoms with van der Waals surface area (Å²) in [6.07, 6.45) is 9.12. The first-order valence-electron chi connectivity index (χ1n) is 17.3. The Bertz CT molecular complexity index is 2590. The van der Waals surface area contributed by atoms with Crippen molar-refractivity contribution in [1.29, 1.82) is 0 Å². The molecule has 2 heteroatoms. The molecule has 2 unspecified atom stereocenters. The average Bonchev–Trinajstić information content (AvgIpc) is 3.74. The van der Waals surface area contributed by atoms with Crippen LogP contribution in [0.1, 0.15) is 11.5 Å². The molecule has 0 spiro atoms. The topological polar surface area (TPSA) is 4.93 Å². The second-order valence-corrected chi connectivity index (χ2v) is 14.5. The molecule has 2 atom stereocenters. The van der Waals surface area contributed by atoms with Crippen LogP contribution in [0.3, 0.4) is 0 Å². The average molecular weight is 656 g/mol. The van der Waals surface area contributed by atoms with Gasteiger partial charge >= 0.3 is 0 Å². The number of thioether (sulfide) groups is 1. The summed E-state index contributed by atoms with van der Waals surface area (Å²) in [5, 5.41) is 3.00. The van der Waals surface area contributed by atoms with E-state index in [-0.39, 0.29) is 0 Å². The van der Waals surface area contributed by atoms with E-state index in [9.17, 15) is 0 Å². The minimum Gasteiger partial charge on any atom is -0.309 e. The lowest BCUT2D eigenvalue weighted by atomic mass is 9.88. The van der Waals surface area contributed by atoms with Crippen molar-refractivity contribution in [1.82, 2.24) is 4.57 Å². The second kappa shape index (κ2) is 11.9. The maximum Gasteiger partial charge on any atom is 0.0541 e. The van der Waals surface area contributed by atoms with Crippen molar-refractivity contribution in [3.8, 4) is 50.2 Å². The maximum atomic E-state index is 2.41. The third-order valence-corrected chi connectivity index (χ3v) is 11.7. The van der Waals surface area contributed by atoms with Crippen molar-refractivity contribution >= 4 is 33.6 Å². The van der Waals surface area contributed by atoms with Gasteiger partial charge < -0.3 is 4.57 Å². The van der Waals surface area contributed by atoms with Crippen LogP contribution in [-0.2, 0) is 0 Å². The second-order valence-electron chi connectivity index (χ2n) is 13.3. The molecule has 1 aliphatic carbocycles. The van der Waals surface area contributed by atoms with E-state index in [0.717, 1.165) is 5.69 Å². The molecule has 10 rings (SSSR count). The minimum atomic E-state index is 0.424. The van der Waals surface area contributed by atoms with Gasteiger partial charge in [-0.1, -0.05) is 140 Å². The van der Waals surface area contributed by atoms with E-state index in [1.165, 1.54) is 76.8 Å². The SMILES string of the molecule is C1=CC2Sc3c(-c4cc(-c5cccc(-c6ccccc6)c5)cc(-c5cccc(-n6c7ccccc7c7ccccc76)c5)c4)cccc3C2C=C1.